The summed E-state index contributed by atoms with van der Waals surface area (Å²) >= 11 is 0. The van der Waals surface area contributed by atoms with Crippen LogP contribution in [-0.2, 0) is 4.79 Å². The van der Waals surface area contributed by atoms with Gasteiger partial charge in [0.25, 0.3) is 0 Å². The molecule has 0 aliphatic carbocycles. The number of rotatable bonds is 4. The molecule has 2 atom stereocenters. The highest BCUT2D eigenvalue weighted by molar-refractivity contribution is 5.90. The van der Waals surface area contributed by atoms with E-state index in [9.17, 15) is 4.79 Å². The minimum atomic E-state index is 0.0662. The van der Waals surface area contributed by atoms with Gasteiger partial charge in [-0.3, -0.25) is 9.69 Å². The summed E-state index contributed by atoms with van der Waals surface area (Å²) in [7, 11) is 0. The van der Waals surface area contributed by atoms with Crippen molar-refractivity contribution in [2.45, 2.75) is 32.7 Å². The molecule has 3 N–H and O–H groups in total. The van der Waals surface area contributed by atoms with Gasteiger partial charge in [-0.25, -0.2) is 0 Å². The first-order chi connectivity index (χ1) is 9.04. The predicted molar refractivity (Wildman–Crippen MR) is 78.9 cm³/mol. The highest BCUT2D eigenvalue weighted by Crippen LogP contribution is 2.22. The van der Waals surface area contributed by atoms with E-state index in [2.05, 4.69) is 24.1 Å². The second kappa shape index (κ2) is 6.06. The molecule has 19 heavy (non-hydrogen) atoms. The fourth-order valence-electron chi connectivity index (χ4n) is 2.73. The van der Waals surface area contributed by atoms with Crippen LogP contribution in [0.1, 0.15) is 26.7 Å². The van der Waals surface area contributed by atoms with Gasteiger partial charge in [0.1, 0.15) is 0 Å². The molecule has 1 heterocycles. The quantitative estimate of drug-likeness (QED) is 0.818. The lowest BCUT2D eigenvalue weighted by Crippen LogP contribution is -2.30. The van der Waals surface area contributed by atoms with Gasteiger partial charge in [0.05, 0.1) is 0 Å². The Hall–Kier alpha value is -1.55. The Kier molecular flexibility index (Phi) is 4.43. The van der Waals surface area contributed by atoms with Crippen LogP contribution in [0.25, 0.3) is 0 Å². The highest BCUT2D eigenvalue weighted by Gasteiger charge is 2.25. The minimum Gasteiger partial charge on any atom is -0.399 e. The van der Waals surface area contributed by atoms with Crippen molar-refractivity contribution in [2.24, 2.45) is 5.92 Å². The molecule has 1 amide bonds. The second-order valence-electron chi connectivity index (χ2n) is 5.61. The molecule has 4 nitrogen and oxygen atoms in total. The molecule has 1 aliphatic rings. The summed E-state index contributed by atoms with van der Waals surface area (Å²) in [5, 5.41) is 2.90. The van der Waals surface area contributed by atoms with E-state index in [0.717, 1.165) is 24.7 Å². The second-order valence-corrected chi connectivity index (χ2v) is 5.61. The summed E-state index contributed by atoms with van der Waals surface area (Å²) in [6, 6.07) is 7.83. The van der Waals surface area contributed by atoms with Gasteiger partial charge in [-0.1, -0.05) is 6.92 Å². The number of hydrogen-bond acceptors (Lipinski definition) is 3. The molecule has 1 aromatic carbocycles. The van der Waals surface area contributed by atoms with Gasteiger partial charge < -0.3 is 11.1 Å². The molecule has 104 valence electrons. The van der Waals surface area contributed by atoms with E-state index in [1.54, 1.807) is 12.1 Å². The van der Waals surface area contributed by atoms with Crippen LogP contribution in [-0.4, -0.2) is 29.9 Å². The van der Waals surface area contributed by atoms with Crippen molar-refractivity contribution < 1.29 is 4.79 Å². The normalized spacial score (nSPS) is 23.5. The molecule has 1 aliphatic heterocycles. The molecular weight excluding hydrogens is 238 g/mol. The topological polar surface area (TPSA) is 58.4 Å². The van der Waals surface area contributed by atoms with E-state index < -0.39 is 0 Å². The van der Waals surface area contributed by atoms with Gasteiger partial charge >= 0.3 is 0 Å². The van der Waals surface area contributed by atoms with Crippen molar-refractivity contribution in [3.63, 3.8) is 0 Å². The average Bonchev–Trinajstić information content (AvgIpc) is 2.68. The van der Waals surface area contributed by atoms with Crippen LogP contribution in [0.2, 0.25) is 0 Å². The average molecular weight is 261 g/mol. The Morgan fingerprint density at radius 3 is 2.63 bits per heavy atom. The number of carbonyl (C=O) groups is 1. The molecule has 0 aromatic heterocycles. The summed E-state index contributed by atoms with van der Waals surface area (Å²) in [4.78, 5) is 14.3. The largest absolute Gasteiger partial charge is 0.399 e. The zero-order valence-corrected chi connectivity index (χ0v) is 11.7. The summed E-state index contributed by atoms with van der Waals surface area (Å²) in [5.74, 6) is 0.812. The zero-order valence-electron chi connectivity index (χ0n) is 11.7. The maximum atomic E-state index is 11.9. The Balaban J connectivity index is 1.77. The van der Waals surface area contributed by atoms with Crippen LogP contribution in [0.3, 0.4) is 0 Å². The maximum Gasteiger partial charge on any atom is 0.225 e. The number of nitrogen functional groups attached to an aromatic ring is 1. The molecule has 0 bridgehead atoms. The fraction of sp³-hybridized carbons (Fsp3) is 0.533. The minimum absolute atomic E-state index is 0.0662. The first-order valence-corrected chi connectivity index (χ1v) is 6.94. The summed E-state index contributed by atoms with van der Waals surface area (Å²) < 4.78 is 0. The zero-order chi connectivity index (χ0) is 13.8. The van der Waals surface area contributed by atoms with Crippen LogP contribution in [0, 0.1) is 5.92 Å². The Morgan fingerprint density at radius 1 is 1.37 bits per heavy atom. The maximum absolute atomic E-state index is 11.9. The van der Waals surface area contributed by atoms with Gasteiger partial charge in [0.15, 0.2) is 0 Å². The SMILES string of the molecule is CC1CC(C)N(CCC(=O)Nc2ccc(N)cc2)C1. The van der Waals surface area contributed by atoms with E-state index in [4.69, 9.17) is 5.73 Å². The molecule has 0 spiro atoms. The predicted octanol–water partition coefficient (Wildman–Crippen LogP) is 2.33. The monoisotopic (exact) mass is 261 g/mol. The molecule has 2 rings (SSSR count). The number of benzene rings is 1. The van der Waals surface area contributed by atoms with E-state index in [1.165, 1.54) is 6.42 Å². The molecular formula is C15H23N3O. The van der Waals surface area contributed by atoms with E-state index in [0.29, 0.717) is 18.2 Å². The van der Waals surface area contributed by atoms with E-state index in [1.807, 2.05) is 12.1 Å². The number of nitrogens with zero attached hydrogens (tertiary/aromatic N) is 1. The summed E-state index contributed by atoms with van der Waals surface area (Å²) in [6.07, 6.45) is 1.78. The van der Waals surface area contributed by atoms with E-state index in [-0.39, 0.29) is 5.91 Å². The fourth-order valence-corrected chi connectivity index (χ4v) is 2.73. The highest BCUT2D eigenvalue weighted by atomic mass is 16.1. The lowest BCUT2D eigenvalue weighted by atomic mass is 10.1. The van der Waals surface area contributed by atoms with Crippen LogP contribution in [0.5, 0.6) is 0 Å². The Morgan fingerprint density at radius 2 is 2.05 bits per heavy atom. The molecule has 0 radical (unpaired) electrons. The smallest absolute Gasteiger partial charge is 0.225 e. The van der Waals surface area contributed by atoms with Crippen molar-refractivity contribution in [3.05, 3.63) is 24.3 Å². The van der Waals surface area contributed by atoms with Gasteiger partial charge in [0.2, 0.25) is 5.91 Å². The van der Waals surface area contributed by atoms with Crippen molar-refractivity contribution in [2.75, 3.05) is 24.1 Å². The Labute approximate surface area is 115 Å². The number of anilines is 2. The van der Waals surface area contributed by atoms with Crippen molar-refractivity contribution in [1.82, 2.24) is 4.90 Å². The third-order valence-corrected chi connectivity index (χ3v) is 3.73. The van der Waals surface area contributed by atoms with Crippen molar-refractivity contribution >= 4 is 17.3 Å². The third kappa shape index (κ3) is 3.96. The summed E-state index contributed by atoms with van der Waals surface area (Å²) in [6.45, 7) is 6.45. The lowest BCUT2D eigenvalue weighted by Gasteiger charge is -2.20. The van der Waals surface area contributed by atoms with Crippen LogP contribution >= 0.6 is 0 Å². The third-order valence-electron chi connectivity index (χ3n) is 3.73. The van der Waals surface area contributed by atoms with Crippen molar-refractivity contribution in [3.8, 4) is 0 Å². The standard InChI is InChI=1S/C15H23N3O/c1-11-9-12(2)18(10-11)8-7-15(19)17-14-5-3-13(16)4-6-14/h3-6,11-12H,7-10,16H2,1-2H3,(H,17,19). The Bertz CT molecular complexity index is 430. The number of hydrogen-bond donors (Lipinski definition) is 2. The van der Waals surface area contributed by atoms with Gasteiger partial charge in [-0.2, -0.15) is 0 Å². The van der Waals surface area contributed by atoms with E-state index >= 15 is 0 Å². The van der Waals surface area contributed by atoms with Crippen molar-refractivity contribution in [1.29, 1.82) is 0 Å². The molecule has 0 saturated carbocycles. The van der Waals surface area contributed by atoms with Crippen LogP contribution < -0.4 is 11.1 Å². The number of nitrogens with one attached hydrogen (secondary N) is 1. The lowest BCUT2D eigenvalue weighted by molar-refractivity contribution is -0.116. The molecule has 4 heteroatoms. The van der Waals surface area contributed by atoms with Gasteiger partial charge in [0, 0.05) is 36.9 Å². The number of likely N-dealkylation sites (tertiary alicyclic amines) is 1. The number of carbonyl (C=O) groups excluding carboxylic acids is 1. The summed E-state index contributed by atoms with van der Waals surface area (Å²) in [5.41, 5.74) is 7.12. The number of amides is 1. The van der Waals surface area contributed by atoms with Crippen LogP contribution in [0.4, 0.5) is 11.4 Å². The molecule has 1 fully saturated rings. The number of nitrogens with two attached hydrogens (primary N) is 1. The molecule has 2 unspecified atom stereocenters. The first kappa shape index (κ1) is 13.9. The molecule has 1 aromatic rings. The van der Waals surface area contributed by atoms with Gasteiger partial charge in [-0.15, -0.1) is 0 Å². The van der Waals surface area contributed by atoms with Gasteiger partial charge in [-0.05, 0) is 43.5 Å². The molecule has 1 saturated heterocycles. The first-order valence-electron chi connectivity index (χ1n) is 6.94. The van der Waals surface area contributed by atoms with Crippen LogP contribution in [0.15, 0.2) is 24.3 Å².